The first-order chi connectivity index (χ1) is 12.3. The molecule has 4 rings (SSSR count). The lowest BCUT2D eigenvalue weighted by Crippen LogP contribution is -2.44. The largest absolute Gasteiger partial charge is 0.335 e. The molecule has 6 nitrogen and oxygen atoms in total. The van der Waals surface area contributed by atoms with Gasteiger partial charge < -0.3 is 10.6 Å². The maximum absolute atomic E-state index is 12.2. The molecule has 0 bridgehead atoms. The van der Waals surface area contributed by atoms with Crippen LogP contribution in [0.4, 0.5) is 4.79 Å². The lowest BCUT2D eigenvalue weighted by Gasteiger charge is -2.29. The van der Waals surface area contributed by atoms with Gasteiger partial charge in [-0.3, -0.25) is 4.57 Å². The molecule has 2 amide bonds. The van der Waals surface area contributed by atoms with Crippen LogP contribution >= 0.6 is 0 Å². The number of urea groups is 1. The standard InChI is InChI=1S/C19H25N5O/c25-19(23-17-3-1-2-16(11-17)15-4-5-15)22-12-14-6-7-21-18(10-14)24-9-8-20-13-24/h6-10,13,15-17H,1-5,11-12H2,(H2,22,23,25)/t16-,17-/m1/s1. The number of carbonyl (C=O) groups excluding carboxylic acids is 1. The number of carbonyl (C=O) groups is 1. The summed E-state index contributed by atoms with van der Waals surface area (Å²) in [6.07, 6.45) is 14.7. The van der Waals surface area contributed by atoms with Crippen molar-refractivity contribution in [2.75, 3.05) is 0 Å². The predicted octanol–water partition coefficient (Wildman–Crippen LogP) is 3.04. The van der Waals surface area contributed by atoms with E-state index in [1.807, 2.05) is 22.9 Å². The Morgan fingerprint density at radius 1 is 1.20 bits per heavy atom. The zero-order valence-corrected chi connectivity index (χ0v) is 14.4. The van der Waals surface area contributed by atoms with Gasteiger partial charge in [0.1, 0.15) is 12.1 Å². The number of imidazole rings is 1. The van der Waals surface area contributed by atoms with E-state index in [2.05, 4.69) is 20.6 Å². The molecule has 0 spiro atoms. The summed E-state index contributed by atoms with van der Waals surface area (Å²) in [7, 11) is 0. The van der Waals surface area contributed by atoms with E-state index in [0.29, 0.717) is 12.6 Å². The molecular formula is C19H25N5O. The molecule has 25 heavy (non-hydrogen) atoms. The fraction of sp³-hybridized carbons (Fsp3) is 0.526. The molecule has 2 saturated carbocycles. The fourth-order valence-corrected chi connectivity index (χ4v) is 3.88. The second kappa shape index (κ2) is 7.25. The summed E-state index contributed by atoms with van der Waals surface area (Å²) in [6.45, 7) is 0.495. The van der Waals surface area contributed by atoms with Crippen molar-refractivity contribution >= 4 is 6.03 Å². The molecule has 2 aliphatic rings. The Kier molecular flexibility index (Phi) is 4.68. The van der Waals surface area contributed by atoms with E-state index in [1.165, 1.54) is 25.7 Å². The van der Waals surface area contributed by atoms with Crippen molar-refractivity contribution in [2.24, 2.45) is 11.8 Å². The van der Waals surface area contributed by atoms with Gasteiger partial charge in [-0.15, -0.1) is 0 Å². The third kappa shape index (κ3) is 4.18. The van der Waals surface area contributed by atoms with Gasteiger partial charge in [-0.25, -0.2) is 14.8 Å². The fourth-order valence-electron chi connectivity index (χ4n) is 3.88. The summed E-state index contributed by atoms with van der Waals surface area (Å²) in [5, 5.41) is 6.14. The minimum absolute atomic E-state index is 0.0672. The third-order valence-corrected chi connectivity index (χ3v) is 5.37. The monoisotopic (exact) mass is 339 g/mol. The number of amides is 2. The van der Waals surface area contributed by atoms with Crippen LogP contribution in [0, 0.1) is 11.8 Å². The average Bonchev–Trinajstić information content (AvgIpc) is 3.35. The lowest BCUT2D eigenvalue weighted by atomic mass is 9.83. The first kappa shape index (κ1) is 16.1. The molecular weight excluding hydrogens is 314 g/mol. The Morgan fingerprint density at radius 2 is 2.12 bits per heavy atom. The Balaban J connectivity index is 1.28. The number of hydrogen-bond donors (Lipinski definition) is 2. The number of pyridine rings is 1. The van der Waals surface area contributed by atoms with Crippen LogP contribution in [-0.4, -0.2) is 26.6 Å². The number of rotatable bonds is 5. The van der Waals surface area contributed by atoms with Gasteiger partial charge in [0.25, 0.3) is 0 Å². The number of aromatic nitrogens is 3. The van der Waals surface area contributed by atoms with Crippen LogP contribution in [0.1, 0.15) is 44.1 Å². The first-order valence-corrected chi connectivity index (χ1v) is 9.25. The van der Waals surface area contributed by atoms with Crippen molar-refractivity contribution in [3.63, 3.8) is 0 Å². The quantitative estimate of drug-likeness (QED) is 0.879. The van der Waals surface area contributed by atoms with Crippen LogP contribution in [0.25, 0.3) is 5.82 Å². The van der Waals surface area contributed by atoms with E-state index >= 15 is 0 Å². The summed E-state index contributed by atoms with van der Waals surface area (Å²) in [6, 6.07) is 4.15. The molecule has 0 aromatic carbocycles. The summed E-state index contributed by atoms with van der Waals surface area (Å²) >= 11 is 0. The molecule has 0 saturated heterocycles. The molecule has 0 radical (unpaired) electrons. The molecule has 2 aliphatic carbocycles. The van der Waals surface area contributed by atoms with Gasteiger partial charge >= 0.3 is 6.03 Å². The minimum atomic E-state index is -0.0672. The molecule has 2 atom stereocenters. The maximum Gasteiger partial charge on any atom is 0.315 e. The van der Waals surface area contributed by atoms with E-state index < -0.39 is 0 Å². The highest BCUT2D eigenvalue weighted by Gasteiger charge is 2.34. The molecule has 6 heteroatoms. The number of hydrogen-bond acceptors (Lipinski definition) is 3. The molecule has 132 valence electrons. The van der Waals surface area contributed by atoms with Crippen LogP contribution in [-0.2, 0) is 6.54 Å². The second-order valence-corrected chi connectivity index (χ2v) is 7.28. The van der Waals surface area contributed by atoms with Crippen molar-refractivity contribution in [1.29, 1.82) is 0 Å². The summed E-state index contributed by atoms with van der Waals surface area (Å²) < 4.78 is 1.85. The molecule has 2 heterocycles. The number of nitrogens with zero attached hydrogens (tertiary/aromatic N) is 3. The minimum Gasteiger partial charge on any atom is -0.335 e. The summed E-state index contributed by atoms with van der Waals surface area (Å²) in [4.78, 5) is 20.6. The van der Waals surface area contributed by atoms with Gasteiger partial charge in [0, 0.05) is 31.2 Å². The highest BCUT2D eigenvalue weighted by Crippen LogP contribution is 2.43. The maximum atomic E-state index is 12.2. The van der Waals surface area contributed by atoms with Gasteiger partial charge in [-0.2, -0.15) is 0 Å². The molecule has 0 aliphatic heterocycles. The van der Waals surface area contributed by atoms with Gasteiger partial charge in [0.15, 0.2) is 0 Å². The van der Waals surface area contributed by atoms with E-state index in [9.17, 15) is 4.79 Å². The summed E-state index contributed by atoms with van der Waals surface area (Å²) in [5.41, 5.74) is 1.02. The van der Waals surface area contributed by atoms with Crippen LogP contribution < -0.4 is 10.6 Å². The molecule has 2 aromatic heterocycles. The number of nitrogens with one attached hydrogen (secondary N) is 2. The topological polar surface area (TPSA) is 71.8 Å². The summed E-state index contributed by atoms with van der Waals surface area (Å²) in [5.74, 6) is 2.57. The highest BCUT2D eigenvalue weighted by molar-refractivity contribution is 5.74. The predicted molar refractivity (Wildman–Crippen MR) is 95.2 cm³/mol. The smallest absolute Gasteiger partial charge is 0.315 e. The Morgan fingerprint density at radius 3 is 2.92 bits per heavy atom. The van der Waals surface area contributed by atoms with E-state index in [0.717, 1.165) is 36.1 Å². The van der Waals surface area contributed by atoms with Crippen LogP contribution in [0.2, 0.25) is 0 Å². The van der Waals surface area contributed by atoms with Crippen molar-refractivity contribution in [1.82, 2.24) is 25.2 Å². The Bertz CT molecular complexity index is 710. The Hall–Kier alpha value is -2.37. The zero-order chi connectivity index (χ0) is 17.1. The Labute approximate surface area is 148 Å². The zero-order valence-electron chi connectivity index (χ0n) is 14.4. The van der Waals surface area contributed by atoms with Gasteiger partial charge in [0.05, 0.1) is 0 Å². The van der Waals surface area contributed by atoms with Crippen molar-refractivity contribution in [2.45, 2.75) is 51.1 Å². The normalized spacial score (nSPS) is 23.2. The SMILES string of the molecule is O=C(NCc1ccnc(-n2ccnc2)c1)N[C@@H]1CCC[C@@H](C2CC2)C1. The van der Waals surface area contributed by atoms with Crippen LogP contribution in [0.15, 0.2) is 37.1 Å². The van der Waals surface area contributed by atoms with E-state index in [4.69, 9.17) is 0 Å². The van der Waals surface area contributed by atoms with Crippen molar-refractivity contribution in [3.8, 4) is 5.82 Å². The highest BCUT2D eigenvalue weighted by atomic mass is 16.2. The van der Waals surface area contributed by atoms with E-state index in [-0.39, 0.29) is 6.03 Å². The lowest BCUT2D eigenvalue weighted by molar-refractivity contribution is 0.220. The molecule has 2 N–H and O–H groups in total. The first-order valence-electron chi connectivity index (χ1n) is 9.25. The molecule has 2 fully saturated rings. The average molecular weight is 339 g/mol. The molecule has 0 unspecified atom stereocenters. The van der Waals surface area contributed by atoms with Crippen LogP contribution in [0.5, 0.6) is 0 Å². The van der Waals surface area contributed by atoms with Gasteiger partial charge in [0.2, 0.25) is 0 Å². The van der Waals surface area contributed by atoms with E-state index in [1.54, 1.807) is 18.7 Å². The van der Waals surface area contributed by atoms with Crippen molar-refractivity contribution < 1.29 is 4.79 Å². The second-order valence-electron chi connectivity index (χ2n) is 7.28. The van der Waals surface area contributed by atoms with Crippen LogP contribution in [0.3, 0.4) is 0 Å². The van der Waals surface area contributed by atoms with Gasteiger partial charge in [-0.05, 0) is 55.2 Å². The molecule has 2 aromatic rings. The third-order valence-electron chi connectivity index (χ3n) is 5.37. The van der Waals surface area contributed by atoms with Gasteiger partial charge in [-0.1, -0.05) is 12.8 Å². The van der Waals surface area contributed by atoms with Crippen molar-refractivity contribution in [3.05, 3.63) is 42.6 Å².